The molecular formula is C24H32N2O. The Kier molecular flexibility index (Phi) is 8.15. The lowest BCUT2D eigenvalue weighted by atomic mass is 10.1. The van der Waals surface area contributed by atoms with Crippen LogP contribution in [0.1, 0.15) is 30.6 Å². The van der Waals surface area contributed by atoms with Gasteiger partial charge in [-0.2, -0.15) is 0 Å². The Bertz CT molecular complexity index is 728. The maximum atomic E-state index is 6.03. The van der Waals surface area contributed by atoms with E-state index in [-0.39, 0.29) is 6.10 Å². The van der Waals surface area contributed by atoms with E-state index in [2.05, 4.69) is 118 Å². The van der Waals surface area contributed by atoms with Gasteiger partial charge >= 0.3 is 0 Å². The molecule has 144 valence electrons. The lowest BCUT2D eigenvalue weighted by Crippen LogP contribution is -2.09. The summed E-state index contributed by atoms with van der Waals surface area (Å²) < 4.78 is 6.03. The molecule has 3 nitrogen and oxygen atoms in total. The quantitative estimate of drug-likeness (QED) is 0.542. The van der Waals surface area contributed by atoms with Crippen LogP contribution < -0.4 is 9.80 Å². The Morgan fingerprint density at radius 2 is 1.37 bits per heavy atom. The predicted octanol–water partition coefficient (Wildman–Crippen LogP) is 5.56. The maximum absolute atomic E-state index is 6.03. The van der Waals surface area contributed by atoms with Gasteiger partial charge in [0.25, 0.3) is 0 Å². The molecule has 0 N–H and O–H groups in total. The fraction of sp³-hybridized carbons (Fsp3) is 0.333. The monoisotopic (exact) mass is 364 g/mol. The molecule has 0 fully saturated rings. The topological polar surface area (TPSA) is 15.7 Å². The van der Waals surface area contributed by atoms with Crippen molar-refractivity contribution >= 4 is 17.5 Å². The summed E-state index contributed by atoms with van der Waals surface area (Å²) in [6, 6.07) is 17.1. The van der Waals surface area contributed by atoms with Crippen LogP contribution >= 0.6 is 0 Å². The highest BCUT2D eigenvalue weighted by Gasteiger charge is 2.08. The van der Waals surface area contributed by atoms with E-state index in [9.17, 15) is 0 Å². The van der Waals surface area contributed by atoms with Gasteiger partial charge in [0.2, 0.25) is 0 Å². The molecule has 0 aliphatic rings. The SMILES string of the molecule is CCCOC(C=CC=Cc1ccc(N(C)C)cc1)c1ccc(N(C)C)cc1. The van der Waals surface area contributed by atoms with Crippen LogP contribution in [-0.2, 0) is 4.74 Å². The molecule has 0 radical (unpaired) electrons. The third-order valence-corrected chi connectivity index (χ3v) is 4.33. The summed E-state index contributed by atoms with van der Waals surface area (Å²) in [6.45, 7) is 2.88. The summed E-state index contributed by atoms with van der Waals surface area (Å²) in [5, 5.41) is 0. The molecule has 2 aromatic carbocycles. The van der Waals surface area contributed by atoms with Gasteiger partial charge in [0.15, 0.2) is 0 Å². The molecule has 2 rings (SSSR count). The molecule has 0 heterocycles. The normalized spacial score (nSPS) is 12.6. The van der Waals surface area contributed by atoms with Gasteiger partial charge in [-0.05, 0) is 41.8 Å². The van der Waals surface area contributed by atoms with Crippen LogP contribution in [0.25, 0.3) is 6.08 Å². The first-order chi connectivity index (χ1) is 13.0. The molecule has 1 unspecified atom stereocenters. The van der Waals surface area contributed by atoms with Crippen molar-refractivity contribution in [1.82, 2.24) is 0 Å². The summed E-state index contributed by atoms with van der Waals surface area (Å²) >= 11 is 0. The Labute approximate surface area is 164 Å². The van der Waals surface area contributed by atoms with Crippen LogP contribution in [0, 0.1) is 0 Å². The Balaban J connectivity index is 2.05. The van der Waals surface area contributed by atoms with Crippen LogP contribution in [0.5, 0.6) is 0 Å². The third kappa shape index (κ3) is 6.61. The number of nitrogens with zero attached hydrogens (tertiary/aromatic N) is 2. The Morgan fingerprint density at radius 1 is 0.815 bits per heavy atom. The first-order valence-corrected chi connectivity index (χ1v) is 9.52. The zero-order valence-electron chi connectivity index (χ0n) is 17.2. The van der Waals surface area contributed by atoms with Crippen molar-refractivity contribution in [2.45, 2.75) is 19.4 Å². The van der Waals surface area contributed by atoms with E-state index in [1.165, 1.54) is 22.5 Å². The van der Waals surface area contributed by atoms with Crippen LogP contribution in [0.2, 0.25) is 0 Å². The van der Waals surface area contributed by atoms with Gasteiger partial charge in [0.1, 0.15) is 6.10 Å². The van der Waals surface area contributed by atoms with E-state index in [0.29, 0.717) is 0 Å². The maximum Gasteiger partial charge on any atom is 0.101 e. The first kappa shape index (κ1) is 20.8. The van der Waals surface area contributed by atoms with E-state index in [0.717, 1.165) is 13.0 Å². The van der Waals surface area contributed by atoms with Gasteiger partial charge in [-0.15, -0.1) is 0 Å². The molecule has 27 heavy (non-hydrogen) atoms. The molecule has 3 heteroatoms. The van der Waals surface area contributed by atoms with Crippen molar-refractivity contribution in [3.05, 3.63) is 77.9 Å². The molecule has 0 aromatic heterocycles. The van der Waals surface area contributed by atoms with Crippen LogP contribution in [-0.4, -0.2) is 34.8 Å². The van der Waals surface area contributed by atoms with Gasteiger partial charge in [-0.3, -0.25) is 0 Å². The molecule has 0 spiro atoms. The first-order valence-electron chi connectivity index (χ1n) is 9.52. The second-order valence-corrected chi connectivity index (χ2v) is 7.01. The van der Waals surface area contributed by atoms with Crippen molar-refractivity contribution in [1.29, 1.82) is 0 Å². The fourth-order valence-corrected chi connectivity index (χ4v) is 2.69. The van der Waals surface area contributed by atoms with Crippen LogP contribution in [0.3, 0.4) is 0 Å². The summed E-state index contributed by atoms with van der Waals surface area (Å²) in [6.07, 6.45) is 9.35. The predicted molar refractivity (Wildman–Crippen MR) is 119 cm³/mol. The molecule has 0 aliphatic heterocycles. The summed E-state index contributed by atoms with van der Waals surface area (Å²) in [7, 11) is 8.20. The second-order valence-electron chi connectivity index (χ2n) is 7.01. The lowest BCUT2D eigenvalue weighted by molar-refractivity contribution is 0.0858. The molecule has 0 amide bonds. The van der Waals surface area contributed by atoms with Crippen molar-refractivity contribution in [3.8, 4) is 0 Å². The van der Waals surface area contributed by atoms with Gasteiger partial charge in [0, 0.05) is 46.2 Å². The molecule has 0 bridgehead atoms. The van der Waals surface area contributed by atoms with Gasteiger partial charge < -0.3 is 14.5 Å². The van der Waals surface area contributed by atoms with Crippen molar-refractivity contribution in [3.63, 3.8) is 0 Å². The van der Waals surface area contributed by atoms with E-state index in [4.69, 9.17) is 4.74 Å². The van der Waals surface area contributed by atoms with E-state index in [1.54, 1.807) is 0 Å². The summed E-state index contributed by atoms with van der Waals surface area (Å²) in [5.41, 5.74) is 4.76. The lowest BCUT2D eigenvalue weighted by Gasteiger charge is -2.17. The number of hydrogen-bond acceptors (Lipinski definition) is 3. The summed E-state index contributed by atoms with van der Waals surface area (Å²) in [4.78, 5) is 4.20. The number of ether oxygens (including phenoxy) is 1. The van der Waals surface area contributed by atoms with Crippen LogP contribution in [0.15, 0.2) is 66.8 Å². The fourth-order valence-electron chi connectivity index (χ4n) is 2.69. The van der Waals surface area contributed by atoms with Crippen molar-refractivity contribution in [2.75, 3.05) is 44.6 Å². The minimum atomic E-state index is -0.0260. The molecule has 1 atom stereocenters. The number of rotatable bonds is 9. The smallest absolute Gasteiger partial charge is 0.101 e. The third-order valence-electron chi connectivity index (χ3n) is 4.33. The molecule has 0 saturated heterocycles. The van der Waals surface area contributed by atoms with Gasteiger partial charge in [-0.1, -0.05) is 55.5 Å². The van der Waals surface area contributed by atoms with E-state index in [1.807, 2.05) is 0 Å². The average Bonchev–Trinajstić information content (AvgIpc) is 2.68. The largest absolute Gasteiger partial charge is 0.378 e. The Hall–Kier alpha value is -2.52. The number of benzene rings is 2. The zero-order chi connectivity index (χ0) is 19.6. The Morgan fingerprint density at radius 3 is 1.89 bits per heavy atom. The number of hydrogen-bond donors (Lipinski definition) is 0. The van der Waals surface area contributed by atoms with Crippen LogP contribution in [0.4, 0.5) is 11.4 Å². The zero-order valence-corrected chi connectivity index (χ0v) is 17.2. The standard InChI is InChI=1S/C24H32N2O/c1-6-19-27-24(21-13-17-23(18-14-21)26(4)5)10-8-7-9-20-11-15-22(16-12-20)25(2)3/h7-18,24H,6,19H2,1-5H3. The highest BCUT2D eigenvalue weighted by molar-refractivity contribution is 5.56. The minimum Gasteiger partial charge on any atom is -0.378 e. The van der Waals surface area contributed by atoms with Gasteiger partial charge in [-0.25, -0.2) is 0 Å². The van der Waals surface area contributed by atoms with Gasteiger partial charge in [0.05, 0.1) is 0 Å². The molecule has 2 aromatic rings. The highest BCUT2D eigenvalue weighted by Crippen LogP contribution is 2.22. The van der Waals surface area contributed by atoms with Crippen molar-refractivity contribution < 1.29 is 4.74 Å². The van der Waals surface area contributed by atoms with Crippen molar-refractivity contribution in [2.24, 2.45) is 0 Å². The molecule has 0 aliphatic carbocycles. The molecule has 0 saturated carbocycles. The number of anilines is 2. The number of allylic oxidation sites excluding steroid dienone is 2. The minimum absolute atomic E-state index is 0.0260. The van der Waals surface area contributed by atoms with E-state index >= 15 is 0 Å². The average molecular weight is 365 g/mol. The second kappa shape index (κ2) is 10.6. The molecular weight excluding hydrogens is 332 g/mol. The summed E-state index contributed by atoms with van der Waals surface area (Å²) in [5.74, 6) is 0. The van der Waals surface area contributed by atoms with E-state index < -0.39 is 0 Å². The highest BCUT2D eigenvalue weighted by atomic mass is 16.5.